The molecule has 0 saturated carbocycles. The summed E-state index contributed by atoms with van der Waals surface area (Å²) in [7, 11) is 0. The molecule has 2 aliphatic rings. The van der Waals surface area contributed by atoms with Gasteiger partial charge in [-0.05, 0) is 18.1 Å². The van der Waals surface area contributed by atoms with Gasteiger partial charge in [-0.1, -0.05) is 37.3 Å². The van der Waals surface area contributed by atoms with Crippen molar-refractivity contribution in [1.82, 2.24) is 0 Å². The van der Waals surface area contributed by atoms with Crippen LogP contribution >= 0.6 is 0 Å². The number of carbonyl (C=O) groups excluding carboxylic acids is 1. The molecule has 1 saturated heterocycles. The molecule has 6 heteroatoms. The lowest BCUT2D eigenvalue weighted by Gasteiger charge is -2.40. The van der Waals surface area contributed by atoms with Gasteiger partial charge in [-0.15, -0.1) is 0 Å². The second-order valence-electron chi connectivity index (χ2n) is 6.59. The first kappa shape index (κ1) is 17.1. The van der Waals surface area contributed by atoms with Crippen LogP contribution in [0.2, 0.25) is 0 Å². The number of aliphatic hydroxyl groups excluding tert-OH is 1. The molecule has 1 unspecified atom stereocenters. The number of fused-ring (bicyclic) bond motifs is 1. The van der Waals surface area contributed by atoms with Gasteiger partial charge in [0.15, 0.2) is 5.60 Å². The van der Waals surface area contributed by atoms with Gasteiger partial charge in [-0.2, -0.15) is 0 Å². The molecule has 2 heterocycles. The fourth-order valence-corrected chi connectivity index (χ4v) is 3.70. The highest BCUT2D eigenvalue weighted by atomic mass is 16.6. The Morgan fingerprint density at radius 3 is 2.79 bits per heavy atom. The van der Waals surface area contributed by atoms with Gasteiger partial charge < -0.3 is 24.8 Å². The molecule has 0 bridgehead atoms. The highest BCUT2D eigenvalue weighted by molar-refractivity contribution is 5.81. The van der Waals surface area contributed by atoms with Crippen molar-refractivity contribution >= 4 is 5.97 Å². The fourth-order valence-electron chi connectivity index (χ4n) is 3.70. The van der Waals surface area contributed by atoms with E-state index in [0.717, 1.165) is 0 Å². The summed E-state index contributed by atoms with van der Waals surface area (Å²) in [6, 6.07) is 8.12. The molecule has 0 amide bonds. The van der Waals surface area contributed by atoms with Crippen LogP contribution in [0.25, 0.3) is 0 Å². The van der Waals surface area contributed by atoms with E-state index >= 15 is 0 Å². The first-order valence-corrected chi connectivity index (χ1v) is 8.30. The lowest BCUT2D eigenvalue weighted by molar-refractivity contribution is -0.877. The van der Waals surface area contributed by atoms with Crippen LogP contribution in [0.5, 0.6) is 0 Å². The largest absolute Gasteiger partial charge is 0.632 e. The maximum atomic E-state index is 12.5. The van der Waals surface area contributed by atoms with Crippen LogP contribution in [-0.2, 0) is 15.1 Å². The molecule has 4 atom stereocenters. The van der Waals surface area contributed by atoms with E-state index in [0.29, 0.717) is 30.6 Å². The highest BCUT2D eigenvalue weighted by Gasteiger charge is 2.48. The van der Waals surface area contributed by atoms with Gasteiger partial charge in [-0.3, -0.25) is 0 Å². The number of aliphatic hydroxyl groups is 2. The van der Waals surface area contributed by atoms with Crippen LogP contribution in [0.4, 0.5) is 0 Å². The minimum atomic E-state index is -1.71. The van der Waals surface area contributed by atoms with E-state index in [9.17, 15) is 20.2 Å². The van der Waals surface area contributed by atoms with E-state index in [2.05, 4.69) is 0 Å². The number of esters is 1. The minimum absolute atomic E-state index is 0.0715. The molecule has 0 aliphatic carbocycles. The average Bonchev–Trinajstić information content (AvgIpc) is 3.09. The summed E-state index contributed by atoms with van der Waals surface area (Å²) in [5, 5.41) is 33.3. The van der Waals surface area contributed by atoms with Gasteiger partial charge >= 0.3 is 5.97 Å². The molecule has 0 radical (unpaired) electrons. The zero-order valence-electron chi connectivity index (χ0n) is 13.7. The van der Waals surface area contributed by atoms with Crippen LogP contribution in [0.1, 0.15) is 25.3 Å². The SMILES string of the molecule is CC[C@@](O)(C(=O)OCC1=CC[N+]2([O-])CC[C@@H](O)[C@@H]12)c1ccccc1. The van der Waals surface area contributed by atoms with E-state index in [4.69, 9.17) is 4.74 Å². The molecule has 3 rings (SSSR count). The Balaban J connectivity index is 1.69. The third-order valence-electron chi connectivity index (χ3n) is 5.19. The monoisotopic (exact) mass is 333 g/mol. The molecule has 0 spiro atoms. The summed E-state index contributed by atoms with van der Waals surface area (Å²) in [6.07, 6.45) is 1.69. The Morgan fingerprint density at radius 2 is 2.12 bits per heavy atom. The smallest absolute Gasteiger partial charge is 0.343 e. The number of carbonyl (C=O) groups is 1. The van der Waals surface area contributed by atoms with E-state index in [1.54, 1.807) is 37.3 Å². The van der Waals surface area contributed by atoms with Gasteiger partial charge in [0.2, 0.25) is 0 Å². The summed E-state index contributed by atoms with van der Waals surface area (Å²) in [4.78, 5) is 12.5. The van der Waals surface area contributed by atoms with Crippen molar-refractivity contribution in [3.8, 4) is 0 Å². The van der Waals surface area contributed by atoms with Crippen LogP contribution in [0.15, 0.2) is 42.0 Å². The summed E-state index contributed by atoms with van der Waals surface area (Å²) in [6.45, 7) is 2.31. The zero-order chi connectivity index (χ0) is 17.4. The molecule has 1 aromatic carbocycles. The molecule has 2 aliphatic heterocycles. The fraction of sp³-hybridized carbons (Fsp3) is 0.500. The van der Waals surface area contributed by atoms with Crippen molar-refractivity contribution in [1.29, 1.82) is 0 Å². The second-order valence-corrected chi connectivity index (χ2v) is 6.59. The van der Waals surface area contributed by atoms with Crippen molar-refractivity contribution in [3.63, 3.8) is 0 Å². The Morgan fingerprint density at radius 1 is 1.42 bits per heavy atom. The molecule has 24 heavy (non-hydrogen) atoms. The zero-order valence-corrected chi connectivity index (χ0v) is 13.7. The van der Waals surface area contributed by atoms with E-state index < -0.39 is 28.4 Å². The number of rotatable bonds is 5. The van der Waals surface area contributed by atoms with E-state index in [1.165, 1.54) is 0 Å². The van der Waals surface area contributed by atoms with E-state index in [1.807, 2.05) is 6.07 Å². The maximum absolute atomic E-state index is 12.5. The van der Waals surface area contributed by atoms with Crippen molar-refractivity contribution < 1.29 is 24.4 Å². The normalized spacial score (nSPS) is 31.2. The second kappa shape index (κ2) is 6.29. The van der Waals surface area contributed by atoms with E-state index in [-0.39, 0.29) is 13.0 Å². The van der Waals surface area contributed by atoms with Crippen molar-refractivity contribution in [2.75, 3.05) is 19.7 Å². The number of nitrogens with zero attached hydrogens (tertiary/aromatic N) is 1. The molecule has 1 aromatic rings. The van der Waals surface area contributed by atoms with Crippen LogP contribution in [0, 0.1) is 5.21 Å². The average molecular weight is 333 g/mol. The number of hydroxylamine groups is 3. The van der Waals surface area contributed by atoms with Gasteiger partial charge in [-0.25, -0.2) is 4.79 Å². The summed E-state index contributed by atoms with van der Waals surface area (Å²) in [5.74, 6) is -0.736. The summed E-state index contributed by atoms with van der Waals surface area (Å²) >= 11 is 0. The standard InChI is InChI=1S/C18H23NO5/c1-2-18(22,14-6-4-3-5-7-14)17(21)24-12-13-8-10-19(23)11-9-15(20)16(13)19/h3-8,15-16,20,22H,2,9-12H2,1H3/t15-,16-,18+,19?/m1/s1. The number of hydrogen-bond acceptors (Lipinski definition) is 5. The first-order chi connectivity index (χ1) is 11.4. The van der Waals surface area contributed by atoms with Crippen LogP contribution in [0.3, 0.4) is 0 Å². The van der Waals surface area contributed by atoms with Gasteiger partial charge in [0, 0.05) is 12.0 Å². The maximum Gasteiger partial charge on any atom is 0.343 e. The summed E-state index contributed by atoms with van der Waals surface area (Å²) in [5.41, 5.74) is -0.583. The third-order valence-corrected chi connectivity index (χ3v) is 5.19. The Kier molecular flexibility index (Phi) is 4.48. The quantitative estimate of drug-likeness (QED) is 0.366. The molecule has 1 fully saturated rings. The van der Waals surface area contributed by atoms with Crippen molar-refractivity contribution in [2.45, 2.75) is 37.5 Å². The lowest BCUT2D eigenvalue weighted by Crippen LogP contribution is -2.47. The Hall–Kier alpha value is -1.73. The number of benzene rings is 1. The summed E-state index contributed by atoms with van der Waals surface area (Å²) < 4.78 is 4.85. The molecule has 2 N–H and O–H groups in total. The molecular formula is C18H23NO5. The van der Waals surface area contributed by atoms with Crippen molar-refractivity contribution in [3.05, 3.63) is 52.8 Å². The Bertz CT molecular complexity index is 646. The van der Waals surface area contributed by atoms with Gasteiger partial charge in [0.05, 0.1) is 13.1 Å². The first-order valence-electron chi connectivity index (χ1n) is 8.30. The topological polar surface area (TPSA) is 89.8 Å². The molecular weight excluding hydrogens is 310 g/mol. The predicted molar refractivity (Wildman–Crippen MR) is 87.4 cm³/mol. The molecule has 130 valence electrons. The number of hydrogen-bond donors (Lipinski definition) is 2. The lowest BCUT2D eigenvalue weighted by atomic mass is 9.91. The van der Waals surface area contributed by atoms with Crippen molar-refractivity contribution in [2.24, 2.45) is 0 Å². The van der Waals surface area contributed by atoms with Crippen LogP contribution in [-0.4, -0.2) is 52.7 Å². The van der Waals surface area contributed by atoms with Gasteiger partial charge in [0.25, 0.3) is 0 Å². The number of quaternary nitrogens is 1. The third kappa shape index (κ3) is 2.75. The van der Waals surface area contributed by atoms with Crippen LogP contribution < -0.4 is 0 Å². The highest BCUT2D eigenvalue weighted by Crippen LogP contribution is 2.36. The predicted octanol–water partition coefficient (Wildman–Crippen LogP) is 1.22. The number of ether oxygens (including phenoxy) is 1. The Labute approximate surface area is 141 Å². The molecule has 6 nitrogen and oxygen atoms in total. The molecule has 0 aromatic heterocycles. The van der Waals surface area contributed by atoms with Gasteiger partial charge in [0.1, 0.15) is 18.8 Å². The minimum Gasteiger partial charge on any atom is -0.632 e.